The van der Waals surface area contributed by atoms with Crippen molar-refractivity contribution >= 4 is 51.3 Å². The third-order valence-corrected chi connectivity index (χ3v) is 5.53. The minimum atomic E-state index is 0.198. The van der Waals surface area contributed by atoms with Crippen LogP contribution in [0.4, 0.5) is 0 Å². The minimum absolute atomic E-state index is 0.198. The first kappa shape index (κ1) is 20.0. The lowest BCUT2D eigenvalue weighted by Crippen LogP contribution is -2.15. The maximum atomic E-state index is 6.24. The fourth-order valence-electron chi connectivity index (χ4n) is 2.41. The van der Waals surface area contributed by atoms with E-state index in [0.717, 1.165) is 10.0 Å². The highest BCUT2D eigenvalue weighted by Gasteiger charge is 2.16. The number of rotatable bonds is 7. The van der Waals surface area contributed by atoms with Crippen LogP contribution in [0.1, 0.15) is 11.1 Å². The Kier molecular flexibility index (Phi) is 6.64. The van der Waals surface area contributed by atoms with Crippen molar-refractivity contribution in [2.24, 2.45) is 0 Å². The van der Waals surface area contributed by atoms with E-state index in [-0.39, 0.29) is 6.61 Å². The van der Waals surface area contributed by atoms with Gasteiger partial charge in [-0.3, -0.25) is 5.10 Å². The molecule has 0 saturated carbocycles. The molecule has 2 aromatic carbocycles. The molecule has 3 aromatic rings. The zero-order valence-electron chi connectivity index (χ0n) is 14.1. The van der Waals surface area contributed by atoms with Gasteiger partial charge in [0.2, 0.25) is 4.77 Å². The van der Waals surface area contributed by atoms with E-state index in [1.807, 2.05) is 12.1 Å². The van der Waals surface area contributed by atoms with Crippen LogP contribution in [0, 0.1) is 4.77 Å². The molecular weight excluding hydrogens is 475 g/mol. The van der Waals surface area contributed by atoms with Gasteiger partial charge in [-0.2, -0.15) is 5.10 Å². The molecule has 1 heterocycles. The van der Waals surface area contributed by atoms with Crippen molar-refractivity contribution in [1.29, 1.82) is 0 Å². The zero-order valence-corrected chi connectivity index (χ0v) is 18.0. The first-order valence-electron chi connectivity index (χ1n) is 7.78. The molecule has 0 amide bonds. The zero-order chi connectivity index (χ0) is 19.4. The monoisotopic (exact) mass is 488 g/mol. The van der Waals surface area contributed by atoms with Crippen LogP contribution < -0.4 is 14.9 Å². The molecule has 0 unspecified atom stereocenters. The van der Waals surface area contributed by atoms with Gasteiger partial charge in [0.25, 0.3) is 0 Å². The summed E-state index contributed by atoms with van der Waals surface area (Å²) < 4.78 is 14.4. The quantitative estimate of drug-likeness (QED) is 0.438. The number of aromatic nitrogens is 3. The van der Waals surface area contributed by atoms with Gasteiger partial charge in [0.15, 0.2) is 11.5 Å². The normalized spacial score (nSPS) is 10.7. The molecule has 3 rings (SSSR count). The van der Waals surface area contributed by atoms with E-state index in [0.29, 0.717) is 38.4 Å². The van der Waals surface area contributed by atoms with Crippen LogP contribution in [0.15, 0.2) is 41.1 Å². The van der Waals surface area contributed by atoms with Crippen LogP contribution in [0.5, 0.6) is 11.5 Å². The predicted octanol–water partition coefficient (Wildman–Crippen LogP) is 5.34. The topological polar surface area (TPSA) is 64.1 Å². The van der Waals surface area contributed by atoms with Crippen LogP contribution in [0.25, 0.3) is 0 Å². The number of H-pyrrole nitrogens is 1. The van der Waals surface area contributed by atoms with Gasteiger partial charge in [-0.15, -0.1) is 0 Å². The van der Waals surface area contributed by atoms with E-state index in [2.05, 4.69) is 31.6 Å². The fraction of sp³-hybridized carbons (Fsp3) is 0.176. The molecule has 0 aliphatic carbocycles. The SMILES string of the molecule is COc1ccc(Br)c(CNn2cn[nH]c2=S)c1OCc1c(Cl)cccc1Cl. The molecule has 0 bridgehead atoms. The second kappa shape index (κ2) is 8.97. The van der Waals surface area contributed by atoms with Crippen LogP contribution in [0.2, 0.25) is 10.0 Å². The Balaban J connectivity index is 1.89. The molecule has 0 fully saturated rings. The summed E-state index contributed by atoms with van der Waals surface area (Å²) in [6, 6.07) is 9.04. The molecule has 0 saturated heterocycles. The Hall–Kier alpha value is -1.74. The summed E-state index contributed by atoms with van der Waals surface area (Å²) in [5.41, 5.74) is 4.72. The van der Waals surface area contributed by atoms with Crippen molar-refractivity contribution in [3.05, 3.63) is 67.1 Å². The van der Waals surface area contributed by atoms with Gasteiger partial charge in [0.1, 0.15) is 12.9 Å². The summed E-state index contributed by atoms with van der Waals surface area (Å²) >= 11 is 21.2. The summed E-state index contributed by atoms with van der Waals surface area (Å²) in [6.45, 7) is 0.612. The number of nitrogens with zero attached hydrogens (tertiary/aromatic N) is 2. The van der Waals surface area contributed by atoms with Gasteiger partial charge < -0.3 is 14.9 Å². The van der Waals surface area contributed by atoms with Crippen molar-refractivity contribution in [1.82, 2.24) is 14.9 Å². The number of benzene rings is 2. The third kappa shape index (κ3) is 4.57. The summed E-state index contributed by atoms with van der Waals surface area (Å²) in [6.07, 6.45) is 1.56. The summed E-state index contributed by atoms with van der Waals surface area (Å²) in [5, 5.41) is 7.65. The fourth-order valence-corrected chi connectivity index (χ4v) is 3.53. The van der Waals surface area contributed by atoms with Crippen LogP contribution in [-0.4, -0.2) is 22.0 Å². The van der Waals surface area contributed by atoms with Crippen molar-refractivity contribution in [2.45, 2.75) is 13.2 Å². The van der Waals surface area contributed by atoms with E-state index in [1.54, 1.807) is 36.3 Å². The Labute approximate surface area is 179 Å². The maximum Gasteiger partial charge on any atom is 0.214 e. The number of hydrogen-bond donors (Lipinski definition) is 2. The Morgan fingerprint density at radius 3 is 2.59 bits per heavy atom. The molecular formula is C17H15BrCl2N4O2S. The number of methoxy groups -OCH3 is 1. The second-order valence-electron chi connectivity index (χ2n) is 5.41. The lowest BCUT2D eigenvalue weighted by molar-refractivity contribution is 0.281. The van der Waals surface area contributed by atoms with Gasteiger partial charge in [-0.05, 0) is 36.5 Å². The molecule has 0 aliphatic rings. The lowest BCUT2D eigenvalue weighted by atomic mass is 10.1. The van der Waals surface area contributed by atoms with Crippen molar-refractivity contribution in [3.8, 4) is 11.5 Å². The molecule has 27 heavy (non-hydrogen) atoms. The first-order valence-corrected chi connectivity index (χ1v) is 9.74. The highest BCUT2D eigenvalue weighted by Crippen LogP contribution is 2.37. The maximum absolute atomic E-state index is 6.24. The average molecular weight is 490 g/mol. The molecule has 10 heteroatoms. The second-order valence-corrected chi connectivity index (χ2v) is 7.47. The average Bonchev–Trinajstić information content (AvgIpc) is 3.05. The number of ether oxygens (including phenoxy) is 2. The summed E-state index contributed by atoms with van der Waals surface area (Å²) in [5.74, 6) is 1.17. The molecule has 0 atom stereocenters. The largest absolute Gasteiger partial charge is 0.493 e. The molecule has 142 valence electrons. The van der Waals surface area contributed by atoms with Gasteiger partial charge in [-0.1, -0.05) is 45.2 Å². The van der Waals surface area contributed by atoms with Gasteiger partial charge >= 0.3 is 0 Å². The highest BCUT2D eigenvalue weighted by molar-refractivity contribution is 9.10. The number of halogens is 3. The van der Waals surface area contributed by atoms with Gasteiger partial charge in [0, 0.05) is 25.6 Å². The number of hydrogen-bond acceptors (Lipinski definition) is 5. The summed E-state index contributed by atoms with van der Waals surface area (Å²) in [7, 11) is 1.59. The lowest BCUT2D eigenvalue weighted by Gasteiger charge is -2.18. The Bertz CT molecular complexity index is 989. The van der Waals surface area contributed by atoms with E-state index < -0.39 is 0 Å². The standard InChI is InChI=1S/C17H15BrCl2N4O2S/c1-25-15-6-5-12(18)10(7-22-24-9-21-23-17(24)27)16(15)26-8-11-13(19)3-2-4-14(11)20/h2-6,9,22H,7-8H2,1H3,(H,23,27). The first-order chi connectivity index (χ1) is 13.0. The van der Waals surface area contributed by atoms with E-state index in [9.17, 15) is 0 Å². The van der Waals surface area contributed by atoms with Crippen molar-refractivity contribution in [2.75, 3.05) is 12.5 Å². The van der Waals surface area contributed by atoms with E-state index >= 15 is 0 Å². The molecule has 1 aromatic heterocycles. The number of aromatic amines is 1. The van der Waals surface area contributed by atoms with Crippen LogP contribution in [-0.2, 0) is 13.2 Å². The van der Waals surface area contributed by atoms with Crippen molar-refractivity contribution in [3.63, 3.8) is 0 Å². The van der Waals surface area contributed by atoms with Crippen LogP contribution >= 0.6 is 51.3 Å². The van der Waals surface area contributed by atoms with Crippen LogP contribution in [0.3, 0.4) is 0 Å². The van der Waals surface area contributed by atoms with E-state index in [1.165, 1.54) is 0 Å². The smallest absolute Gasteiger partial charge is 0.214 e. The molecule has 0 spiro atoms. The van der Waals surface area contributed by atoms with E-state index in [4.69, 9.17) is 44.9 Å². The minimum Gasteiger partial charge on any atom is -0.493 e. The summed E-state index contributed by atoms with van der Waals surface area (Å²) in [4.78, 5) is 0. The van der Waals surface area contributed by atoms with Gasteiger partial charge in [0.05, 0.1) is 13.7 Å². The highest BCUT2D eigenvalue weighted by atomic mass is 79.9. The molecule has 0 radical (unpaired) electrons. The Morgan fingerprint density at radius 2 is 1.96 bits per heavy atom. The predicted molar refractivity (Wildman–Crippen MR) is 112 cm³/mol. The third-order valence-electron chi connectivity index (χ3n) is 3.79. The number of nitrogens with one attached hydrogen (secondary N) is 2. The molecule has 0 aliphatic heterocycles. The van der Waals surface area contributed by atoms with Crippen molar-refractivity contribution < 1.29 is 9.47 Å². The Morgan fingerprint density at radius 1 is 1.22 bits per heavy atom. The molecule has 6 nitrogen and oxygen atoms in total. The van der Waals surface area contributed by atoms with Gasteiger partial charge in [-0.25, -0.2) is 4.68 Å². The molecule has 2 N–H and O–H groups in total.